The van der Waals surface area contributed by atoms with Gasteiger partial charge in [0.15, 0.2) is 14.6 Å². The van der Waals surface area contributed by atoms with Gasteiger partial charge < -0.3 is 13.9 Å². The van der Waals surface area contributed by atoms with Crippen molar-refractivity contribution in [3.8, 4) is 0 Å². The van der Waals surface area contributed by atoms with Gasteiger partial charge in [0.25, 0.3) is 0 Å². The molecule has 108 valence electrons. The monoisotopic (exact) mass is 292 g/mol. The summed E-state index contributed by atoms with van der Waals surface area (Å²) in [5.74, 6) is 1.23. The summed E-state index contributed by atoms with van der Waals surface area (Å²) in [6, 6.07) is 1.27. The Bertz CT molecular complexity index is 218. The first-order valence-corrected chi connectivity index (χ1v) is 11.1. The highest BCUT2D eigenvalue weighted by molar-refractivity contribution is 7.99. The van der Waals surface area contributed by atoms with Gasteiger partial charge in [-0.05, 0) is 51.1 Å². The van der Waals surface area contributed by atoms with Crippen LogP contribution in [0.15, 0.2) is 0 Å². The number of ether oxygens (including phenoxy) is 2. The Balaban J connectivity index is 2.05. The summed E-state index contributed by atoms with van der Waals surface area (Å²) in [5.41, 5.74) is 0. The zero-order valence-electron chi connectivity index (χ0n) is 12.2. The average molecular weight is 293 g/mol. The fourth-order valence-electron chi connectivity index (χ4n) is 2.23. The van der Waals surface area contributed by atoms with Crippen LogP contribution in [0.4, 0.5) is 0 Å². The van der Waals surface area contributed by atoms with E-state index in [1.807, 2.05) is 0 Å². The van der Waals surface area contributed by atoms with Gasteiger partial charge in [-0.2, -0.15) is 11.8 Å². The molecule has 5 heteroatoms. The third-order valence-corrected chi connectivity index (χ3v) is 7.26. The van der Waals surface area contributed by atoms with E-state index in [1.54, 1.807) is 7.11 Å². The van der Waals surface area contributed by atoms with E-state index in [1.165, 1.54) is 24.6 Å². The topological polar surface area (TPSA) is 27.7 Å². The van der Waals surface area contributed by atoms with Crippen LogP contribution in [0.2, 0.25) is 19.1 Å². The molecule has 0 aromatic heterocycles. The van der Waals surface area contributed by atoms with E-state index in [-0.39, 0.29) is 6.29 Å². The largest absolute Gasteiger partial charge is 0.418 e. The highest BCUT2D eigenvalue weighted by Gasteiger charge is 2.23. The summed E-state index contributed by atoms with van der Waals surface area (Å²) in [6.45, 7) is 8.42. The van der Waals surface area contributed by atoms with Crippen molar-refractivity contribution >= 4 is 20.1 Å². The maximum atomic E-state index is 5.84. The Hall–Kier alpha value is 0.447. The van der Waals surface area contributed by atoms with Gasteiger partial charge >= 0.3 is 0 Å². The lowest BCUT2D eigenvalue weighted by Crippen LogP contribution is -2.30. The first-order chi connectivity index (χ1) is 8.57. The quantitative estimate of drug-likeness (QED) is 0.505. The molecule has 18 heavy (non-hydrogen) atoms. The van der Waals surface area contributed by atoms with Crippen LogP contribution in [0.25, 0.3) is 0 Å². The van der Waals surface area contributed by atoms with Gasteiger partial charge in [-0.3, -0.25) is 0 Å². The van der Waals surface area contributed by atoms with Crippen molar-refractivity contribution in [3.05, 3.63) is 0 Å². The molecule has 0 radical (unpaired) electrons. The smallest absolute Gasteiger partial charge is 0.186 e. The first kappa shape index (κ1) is 16.5. The molecule has 0 saturated carbocycles. The summed E-state index contributed by atoms with van der Waals surface area (Å²) in [5, 5.41) is 0.660. The van der Waals surface area contributed by atoms with E-state index in [9.17, 15) is 0 Å². The standard InChI is InChI=1S/C13H28O3SSi/c1-5-16-18(3,4)10-6-9-17-12-7-8-13(14-2)15-11-12/h12-13H,5-11H2,1-4H3. The molecular weight excluding hydrogens is 264 g/mol. The molecule has 1 rings (SSSR count). The Labute approximate surface area is 117 Å². The molecule has 1 aliphatic rings. The number of methoxy groups -OCH3 is 1. The lowest BCUT2D eigenvalue weighted by atomic mass is 10.2. The van der Waals surface area contributed by atoms with Crippen LogP contribution in [0.1, 0.15) is 26.2 Å². The van der Waals surface area contributed by atoms with Gasteiger partial charge in [0.1, 0.15) is 0 Å². The molecule has 1 fully saturated rings. The second-order valence-electron chi connectivity index (χ2n) is 5.37. The Kier molecular flexibility index (Phi) is 7.87. The summed E-state index contributed by atoms with van der Waals surface area (Å²) in [4.78, 5) is 0. The Morgan fingerprint density at radius 3 is 2.67 bits per heavy atom. The normalized spacial score (nSPS) is 25.3. The molecule has 3 nitrogen and oxygen atoms in total. The van der Waals surface area contributed by atoms with E-state index in [2.05, 4.69) is 31.8 Å². The maximum Gasteiger partial charge on any atom is 0.186 e. The van der Waals surface area contributed by atoms with E-state index in [4.69, 9.17) is 13.9 Å². The molecule has 0 bridgehead atoms. The fraction of sp³-hybridized carbons (Fsp3) is 1.00. The molecule has 0 spiro atoms. The predicted molar refractivity (Wildman–Crippen MR) is 80.8 cm³/mol. The van der Waals surface area contributed by atoms with E-state index in [0.717, 1.165) is 19.6 Å². The summed E-state index contributed by atoms with van der Waals surface area (Å²) in [7, 11) is 0.349. The second kappa shape index (κ2) is 8.58. The zero-order valence-corrected chi connectivity index (χ0v) is 14.1. The van der Waals surface area contributed by atoms with Crippen LogP contribution in [0.3, 0.4) is 0 Å². The second-order valence-corrected chi connectivity index (χ2v) is 11.1. The van der Waals surface area contributed by atoms with E-state index < -0.39 is 8.32 Å². The zero-order chi connectivity index (χ0) is 13.4. The molecule has 1 heterocycles. The molecule has 0 aliphatic carbocycles. The lowest BCUT2D eigenvalue weighted by Gasteiger charge is -2.28. The van der Waals surface area contributed by atoms with Crippen molar-refractivity contribution < 1.29 is 13.9 Å². The van der Waals surface area contributed by atoms with E-state index in [0.29, 0.717) is 5.25 Å². The molecular formula is C13H28O3SSi. The van der Waals surface area contributed by atoms with Crippen LogP contribution in [0, 0.1) is 0 Å². The van der Waals surface area contributed by atoms with Crippen molar-refractivity contribution in [2.75, 3.05) is 26.1 Å². The third-order valence-electron chi connectivity index (χ3n) is 3.27. The van der Waals surface area contributed by atoms with Crippen molar-refractivity contribution in [1.29, 1.82) is 0 Å². The van der Waals surface area contributed by atoms with Crippen LogP contribution >= 0.6 is 11.8 Å². The summed E-state index contributed by atoms with van der Waals surface area (Å²) in [6.07, 6.45) is 3.56. The SMILES string of the molecule is CCO[Si](C)(C)CCCSC1CCC(OC)OC1. The van der Waals surface area contributed by atoms with Gasteiger partial charge in [-0.25, -0.2) is 0 Å². The number of thioether (sulfide) groups is 1. The van der Waals surface area contributed by atoms with Gasteiger partial charge in [-0.15, -0.1) is 0 Å². The van der Waals surface area contributed by atoms with Crippen molar-refractivity contribution in [2.24, 2.45) is 0 Å². The lowest BCUT2D eigenvalue weighted by molar-refractivity contribution is -0.143. The number of rotatable bonds is 8. The Morgan fingerprint density at radius 2 is 2.11 bits per heavy atom. The number of hydrogen-bond acceptors (Lipinski definition) is 4. The number of hydrogen-bond donors (Lipinski definition) is 0. The molecule has 0 N–H and O–H groups in total. The summed E-state index contributed by atoms with van der Waals surface area (Å²) < 4.78 is 16.6. The first-order valence-electron chi connectivity index (χ1n) is 6.97. The Morgan fingerprint density at radius 1 is 1.33 bits per heavy atom. The molecule has 2 unspecified atom stereocenters. The minimum atomic E-state index is -1.37. The molecule has 0 aromatic rings. The molecule has 2 atom stereocenters. The van der Waals surface area contributed by atoms with Crippen LogP contribution in [-0.2, 0) is 13.9 Å². The van der Waals surface area contributed by atoms with Gasteiger partial charge in [0.2, 0.25) is 0 Å². The molecule has 0 aromatic carbocycles. The highest BCUT2D eigenvalue weighted by atomic mass is 32.2. The third kappa shape index (κ3) is 6.57. The fourth-order valence-corrected chi connectivity index (χ4v) is 5.56. The van der Waals surface area contributed by atoms with Gasteiger partial charge in [0.05, 0.1) is 6.61 Å². The van der Waals surface area contributed by atoms with Gasteiger partial charge in [0, 0.05) is 19.0 Å². The highest BCUT2D eigenvalue weighted by Crippen LogP contribution is 2.26. The van der Waals surface area contributed by atoms with E-state index >= 15 is 0 Å². The summed E-state index contributed by atoms with van der Waals surface area (Å²) >= 11 is 2.05. The van der Waals surface area contributed by atoms with Crippen LogP contribution < -0.4 is 0 Å². The minimum absolute atomic E-state index is 0.0335. The van der Waals surface area contributed by atoms with Crippen LogP contribution in [-0.4, -0.2) is 45.9 Å². The van der Waals surface area contributed by atoms with Gasteiger partial charge in [-0.1, -0.05) is 0 Å². The maximum absolute atomic E-state index is 5.84. The van der Waals surface area contributed by atoms with Crippen molar-refractivity contribution in [3.63, 3.8) is 0 Å². The minimum Gasteiger partial charge on any atom is -0.418 e. The molecule has 1 aliphatic heterocycles. The predicted octanol–water partition coefficient (Wildman–Crippen LogP) is 3.50. The molecule has 1 saturated heterocycles. The van der Waals surface area contributed by atoms with Crippen molar-refractivity contribution in [1.82, 2.24) is 0 Å². The average Bonchev–Trinajstić information content (AvgIpc) is 2.35. The van der Waals surface area contributed by atoms with Crippen molar-refractivity contribution in [2.45, 2.75) is 56.9 Å². The van der Waals surface area contributed by atoms with Crippen LogP contribution in [0.5, 0.6) is 0 Å². The molecule has 0 amide bonds.